The molecular weight excluding hydrogens is 222 g/mol. The minimum atomic E-state index is 0.277. The molecule has 3 heteroatoms. The summed E-state index contributed by atoms with van der Waals surface area (Å²) in [4.78, 5) is 5.07. The van der Waals surface area contributed by atoms with Crippen LogP contribution in [0.3, 0.4) is 0 Å². The van der Waals surface area contributed by atoms with Crippen molar-refractivity contribution < 1.29 is 0 Å². The van der Waals surface area contributed by atoms with Crippen LogP contribution in [0.5, 0.6) is 0 Å². The van der Waals surface area contributed by atoms with Crippen LogP contribution in [0.4, 0.5) is 0 Å². The Bertz CT molecular complexity index is 268. The zero-order valence-electron chi connectivity index (χ0n) is 12.5. The summed E-state index contributed by atoms with van der Waals surface area (Å²) in [6.07, 6.45) is 6.76. The fourth-order valence-electron chi connectivity index (χ4n) is 4.17. The van der Waals surface area contributed by atoms with Gasteiger partial charge in [0.1, 0.15) is 0 Å². The van der Waals surface area contributed by atoms with Crippen LogP contribution in [-0.2, 0) is 0 Å². The molecule has 18 heavy (non-hydrogen) atoms. The highest BCUT2D eigenvalue weighted by Crippen LogP contribution is 2.37. The first-order valence-electron chi connectivity index (χ1n) is 7.68. The van der Waals surface area contributed by atoms with E-state index in [-0.39, 0.29) is 5.54 Å². The Morgan fingerprint density at radius 1 is 1.33 bits per heavy atom. The van der Waals surface area contributed by atoms with Gasteiger partial charge in [0.05, 0.1) is 0 Å². The number of hydrogen-bond acceptors (Lipinski definition) is 3. The molecule has 1 saturated carbocycles. The Morgan fingerprint density at radius 2 is 2.11 bits per heavy atom. The van der Waals surface area contributed by atoms with Gasteiger partial charge in [0.15, 0.2) is 0 Å². The number of likely N-dealkylation sites (N-methyl/N-ethyl adjacent to an activating group) is 1. The van der Waals surface area contributed by atoms with E-state index < -0.39 is 0 Å². The van der Waals surface area contributed by atoms with E-state index in [9.17, 15) is 0 Å². The van der Waals surface area contributed by atoms with E-state index in [1.807, 2.05) is 0 Å². The summed E-state index contributed by atoms with van der Waals surface area (Å²) in [7, 11) is 4.55. The third-order valence-corrected chi connectivity index (χ3v) is 5.55. The Labute approximate surface area is 113 Å². The molecule has 2 rings (SSSR count). The fraction of sp³-hybridized carbons (Fsp3) is 1.00. The van der Waals surface area contributed by atoms with Gasteiger partial charge >= 0.3 is 0 Å². The van der Waals surface area contributed by atoms with Crippen LogP contribution in [-0.4, -0.2) is 55.6 Å². The third-order valence-electron chi connectivity index (χ3n) is 5.55. The summed E-state index contributed by atoms with van der Waals surface area (Å²) >= 11 is 0. The number of nitrogens with zero attached hydrogens (tertiary/aromatic N) is 2. The standard InChI is InChI=1S/C15H31N3/c1-13-6-4-5-8-15(13,12-16)18(3)11-14-7-9-17(2)10-14/h13-14H,4-12,16H2,1-3H3. The van der Waals surface area contributed by atoms with Gasteiger partial charge in [0.2, 0.25) is 0 Å². The quantitative estimate of drug-likeness (QED) is 0.829. The predicted octanol–water partition coefficient (Wildman–Crippen LogP) is 1.78. The van der Waals surface area contributed by atoms with E-state index in [0.717, 1.165) is 18.4 Å². The summed E-state index contributed by atoms with van der Waals surface area (Å²) in [6, 6.07) is 0. The number of likely N-dealkylation sites (tertiary alicyclic amines) is 1. The van der Waals surface area contributed by atoms with E-state index in [4.69, 9.17) is 5.73 Å². The summed E-state index contributed by atoms with van der Waals surface area (Å²) in [5.74, 6) is 1.60. The zero-order chi connectivity index (χ0) is 13.2. The predicted molar refractivity (Wildman–Crippen MR) is 77.7 cm³/mol. The first-order valence-corrected chi connectivity index (χ1v) is 7.68. The second-order valence-corrected chi connectivity index (χ2v) is 6.75. The van der Waals surface area contributed by atoms with Crippen molar-refractivity contribution in [1.82, 2.24) is 9.80 Å². The molecule has 2 N–H and O–H groups in total. The Kier molecular flexibility index (Phi) is 4.68. The molecule has 0 aromatic carbocycles. The van der Waals surface area contributed by atoms with Gasteiger partial charge in [-0.05, 0) is 51.7 Å². The number of hydrogen-bond donors (Lipinski definition) is 1. The molecule has 0 amide bonds. The molecule has 0 spiro atoms. The molecule has 3 unspecified atom stereocenters. The molecule has 0 radical (unpaired) electrons. The van der Waals surface area contributed by atoms with Crippen LogP contribution in [0, 0.1) is 11.8 Å². The monoisotopic (exact) mass is 253 g/mol. The molecule has 2 fully saturated rings. The Morgan fingerprint density at radius 3 is 2.67 bits per heavy atom. The van der Waals surface area contributed by atoms with Gasteiger partial charge in [0.25, 0.3) is 0 Å². The molecular formula is C15H31N3. The Balaban J connectivity index is 1.98. The molecule has 3 atom stereocenters. The fourth-order valence-corrected chi connectivity index (χ4v) is 4.17. The first kappa shape index (κ1) is 14.3. The first-order chi connectivity index (χ1) is 8.58. The van der Waals surface area contributed by atoms with Gasteiger partial charge in [-0.15, -0.1) is 0 Å². The lowest BCUT2D eigenvalue weighted by Crippen LogP contribution is -2.58. The van der Waals surface area contributed by atoms with Crippen molar-refractivity contribution in [3.8, 4) is 0 Å². The van der Waals surface area contributed by atoms with Gasteiger partial charge in [0, 0.05) is 25.2 Å². The van der Waals surface area contributed by atoms with Crippen molar-refractivity contribution in [3.05, 3.63) is 0 Å². The average Bonchev–Trinajstić information content (AvgIpc) is 2.75. The second kappa shape index (κ2) is 5.89. The molecule has 0 aromatic heterocycles. The maximum Gasteiger partial charge on any atom is 0.0354 e. The Hall–Kier alpha value is -0.120. The van der Waals surface area contributed by atoms with Crippen molar-refractivity contribution in [1.29, 1.82) is 0 Å². The molecule has 1 heterocycles. The van der Waals surface area contributed by atoms with E-state index in [0.29, 0.717) is 0 Å². The van der Waals surface area contributed by atoms with Crippen LogP contribution >= 0.6 is 0 Å². The van der Waals surface area contributed by atoms with E-state index in [1.165, 1.54) is 51.7 Å². The summed E-state index contributed by atoms with van der Waals surface area (Å²) in [5.41, 5.74) is 6.46. The lowest BCUT2D eigenvalue weighted by atomic mass is 9.72. The normalized spacial score (nSPS) is 38.5. The molecule has 0 aromatic rings. The molecule has 1 saturated heterocycles. The lowest BCUT2D eigenvalue weighted by Gasteiger charge is -2.49. The van der Waals surface area contributed by atoms with Crippen LogP contribution in [0.25, 0.3) is 0 Å². The zero-order valence-corrected chi connectivity index (χ0v) is 12.5. The maximum atomic E-state index is 6.18. The van der Waals surface area contributed by atoms with E-state index in [1.54, 1.807) is 0 Å². The summed E-state index contributed by atoms with van der Waals surface area (Å²) in [5, 5.41) is 0. The largest absolute Gasteiger partial charge is 0.329 e. The third kappa shape index (κ3) is 2.73. The highest BCUT2D eigenvalue weighted by molar-refractivity contribution is 4.98. The average molecular weight is 253 g/mol. The van der Waals surface area contributed by atoms with Gasteiger partial charge in [-0.2, -0.15) is 0 Å². The SMILES string of the molecule is CC1CCCCC1(CN)N(C)CC1CCN(C)C1. The summed E-state index contributed by atoms with van der Waals surface area (Å²) in [6.45, 7) is 6.99. The van der Waals surface area contributed by atoms with Crippen molar-refractivity contribution in [2.24, 2.45) is 17.6 Å². The maximum absolute atomic E-state index is 6.18. The van der Waals surface area contributed by atoms with Crippen molar-refractivity contribution in [3.63, 3.8) is 0 Å². The summed E-state index contributed by atoms with van der Waals surface area (Å²) < 4.78 is 0. The van der Waals surface area contributed by atoms with Crippen molar-refractivity contribution in [2.75, 3.05) is 40.3 Å². The van der Waals surface area contributed by atoms with Crippen LogP contribution in [0.15, 0.2) is 0 Å². The van der Waals surface area contributed by atoms with Gasteiger partial charge in [-0.3, -0.25) is 4.90 Å². The minimum Gasteiger partial charge on any atom is -0.329 e. The second-order valence-electron chi connectivity index (χ2n) is 6.75. The highest BCUT2D eigenvalue weighted by Gasteiger charge is 2.41. The van der Waals surface area contributed by atoms with Gasteiger partial charge < -0.3 is 10.6 Å². The smallest absolute Gasteiger partial charge is 0.0354 e. The number of nitrogens with two attached hydrogens (primary N) is 1. The van der Waals surface area contributed by atoms with E-state index >= 15 is 0 Å². The topological polar surface area (TPSA) is 32.5 Å². The minimum absolute atomic E-state index is 0.277. The van der Waals surface area contributed by atoms with E-state index in [2.05, 4.69) is 30.8 Å². The molecule has 2 aliphatic rings. The molecule has 3 nitrogen and oxygen atoms in total. The van der Waals surface area contributed by atoms with Gasteiger partial charge in [-0.25, -0.2) is 0 Å². The van der Waals surface area contributed by atoms with Crippen molar-refractivity contribution >= 4 is 0 Å². The molecule has 1 aliphatic carbocycles. The highest BCUT2D eigenvalue weighted by atomic mass is 15.2. The molecule has 106 valence electrons. The molecule has 0 bridgehead atoms. The lowest BCUT2D eigenvalue weighted by molar-refractivity contribution is 0.0237. The van der Waals surface area contributed by atoms with Crippen LogP contribution < -0.4 is 5.73 Å². The van der Waals surface area contributed by atoms with Crippen LogP contribution in [0.2, 0.25) is 0 Å². The van der Waals surface area contributed by atoms with Gasteiger partial charge in [-0.1, -0.05) is 19.8 Å². The van der Waals surface area contributed by atoms with Crippen LogP contribution in [0.1, 0.15) is 39.0 Å². The van der Waals surface area contributed by atoms with Crippen molar-refractivity contribution in [2.45, 2.75) is 44.6 Å². The number of rotatable bonds is 4. The molecule has 1 aliphatic heterocycles.